The molecule has 98 valence electrons. The van der Waals surface area contributed by atoms with Gasteiger partial charge in [-0.2, -0.15) is 4.99 Å². The Morgan fingerprint density at radius 1 is 1.11 bits per heavy atom. The third kappa shape index (κ3) is 3.28. The first kappa shape index (κ1) is 15.1. The summed E-state index contributed by atoms with van der Waals surface area (Å²) in [7, 11) is 0. The van der Waals surface area contributed by atoms with Crippen LogP contribution in [0.2, 0.25) is 0 Å². The van der Waals surface area contributed by atoms with E-state index in [2.05, 4.69) is 56.9 Å². The fourth-order valence-corrected chi connectivity index (χ4v) is 2.25. The van der Waals surface area contributed by atoms with Crippen LogP contribution in [0.25, 0.3) is 0 Å². The van der Waals surface area contributed by atoms with Gasteiger partial charge in [0.1, 0.15) is 0 Å². The molecule has 1 aromatic rings. The Morgan fingerprint density at radius 2 is 1.61 bits per heavy atom. The fraction of sp³-hybridized carbons (Fsp3) is 0.562. The average Bonchev–Trinajstić information content (AvgIpc) is 2.38. The number of hydrogen-bond donors (Lipinski definition) is 0. The summed E-state index contributed by atoms with van der Waals surface area (Å²) in [4.78, 5) is 4.26. The van der Waals surface area contributed by atoms with Gasteiger partial charge in [-0.15, -0.1) is 0 Å². The number of benzene rings is 1. The lowest BCUT2D eigenvalue weighted by Crippen LogP contribution is -2.04. The molecule has 0 aliphatic carbocycles. The highest BCUT2D eigenvalue weighted by Crippen LogP contribution is 2.32. The van der Waals surface area contributed by atoms with Crippen LogP contribution in [0, 0.1) is 5.92 Å². The summed E-state index contributed by atoms with van der Waals surface area (Å²) >= 11 is 4.76. The zero-order chi connectivity index (χ0) is 13.7. The molecule has 18 heavy (non-hydrogen) atoms. The average molecular weight is 261 g/mol. The molecule has 0 saturated carbocycles. The second kappa shape index (κ2) is 6.82. The Kier molecular flexibility index (Phi) is 5.71. The lowest BCUT2D eigenvalue weighted by molar-refractivity contribution is 0.534. The molecule has 1 rings (SSSR count). The first-order valence-electron chi connectivity index (χ1n) is 6.78. The number of thiocarbonyl (C=S) groups is 1. The standard InChI is InChI=1S/C16H23NS/c1-6-13-8-15(12(5)11(3)4)9-14(7-2)16(13)17-10-18/h8-9,11-12H,6-7H2,1-5H3. The van der Waals surface area contributed by atoms with Crippen molar-refractivity contribution in [2.45, 2.75) is 53.4 Å². The van der Waals surface area contributed by atoms with E-state index < -0.39 is 0 Å². The van der Waals surface area contributed by atoms with Crippen LogP contribution in [0.1, 0.15) is 57.2 Å². The Labute approximate surface area is 116 Å². The highest BCUT2D eigenvalue weighted by Gasteiger charge is 2.14. The lowest BCUT2D eigenvalue weighted by atomic mass is 9.87. The molecule has 0 bridgehead atoms. The molecule has 0 saturated heterocycles. The van der Waals surface area contributed by atoms with Crippen LogP contribution in [0.3, 0.4) is 0 Å². The van der Waals surface area contributed by atoms with E-state index in [0.717, 1.165) is 18.5 Å². The van der Waals surface area contributed by atoms with E-state index in [0.29, 0.717) is 11.8 Å². The van der Waals surface area contributed by atoms with E-state index in [-0.39, 0.29) is 0 Å². The molecule has 0 spiro atoms. The van der Waals surface area contributed by atoms with Gasteiger partial charge in [0.15, 0.2) is 0 Å². The van der Waals surface area contributed by atoms with E-state index >= 15 is 0 Å². The highest BCUT2D eigenvalue weighted by molar-refractivity contribution is 7.78. The Bertz CT molecular complexity index is 431. The van der Waals surface area contributed by atoms with Gasteiger partial charge in [-0.25, -0.2) is 0 Å². The summed E-state index contributed by atoms with van der Waals surface area (Å²) in [6.45, 7) is 11.2. The lowest BCUT2D eigenvalue weighted by Gasteiger charge is -2.19. The van der Waals surface area contributed by atoms with Crippen molar-refractivity contribution in [3.63, 3.8) is 0 Å². The van der Waals surface area contributed by atoms with Crippen molar-refractivity contribution >= 4 is 23.1 Å². The van der Waals surface area contributed by atoms with Crippen molar-refractivity contribution < 1.29 is 0 Å². The predicted molar refractivity (Wildman–Crippen MR) is 83.1 cm³/mol. The van der Waals surface area contributed by atoms with Crippen molar-refractivity contribution in [3.05, 3.63) is 28.8 Å². The normalized spacial score (nSPS) is 12.3. The number of hydrogen-bond acceptors (Lipinski definition) is 2. The second-order valence-corrected chi connectivity index (χ2v) is 5.31. The maximum atomic E-state index is 4.76. The highest BCUT2D eigenvalue weighted by atomic mass is 32.1. The van der Waals surface area contributed by atoms with Gasteiger partial charge in [0.25, 0.3) is 0 Å². The monoisotopic (exact) mass is 261 g/mol. The van der Waals surface area contributed by atoms with Crippen molar-refractivity contribution in [1.82, 2.24) is 0 Å². The summed E-state index contributed by atoms with van der Waals surface area (Å²) in [5, 5.41) is 2.51. The fourth-order valence-electron chi connectivity index (χ4n) is 2.16. The molecule has 0 heterocycles. The molecule has 0 aliphatic rings. The van der Waals surface area contributed by atoms with Crippen LogP contribution >= 0.6 is 12.2 Å². The number of nitrogens with zero attached hydrogens (tertiary/aromatic N) is 1. The molecule has 1 atom stereocenters. The van der Waals surface area contributed by atoms with E-state index in [1.54, 1.807) is 0 Å². The van der Waals surface area contributed by atoms with Crippen LogP contribution < -0.4 is 0 Å². The van der Waals surface area contributed by atoms with Crippen molar-refractivity contribution in [1.29, 1.82) is 0 Å². The van der Waals surface area contributed by atoms with Crippen LogP contribution in [-0.2, 0) is 12.8 Å². The molecule has 0 N–H and O–H groups in total. The quantitative estimate of drug-likeness (QED) is 0.517. The maximum absolute atomic E-state index is 4.76. The molecular weight excluding hydrogens is 238 g/mol. The number of rotatable bonds is 5. The van der Waals surface area contributed by atoms with E-state index in [9.17, 15) is 0 Å². The summed E-state index contributed by atoms with van der Waals surface area (Å²) in [5.41, 5.74) is 5.03. The molecule has 0 aliphatic heterocycles. The van der Waals surface area contributed by atoms with Gasteiger partial charge in [0, 0.05) is 0 Å². The van der Waals surface area contributed by atoms with Gasteiger partial charge in [-0.3, -0.25) is 0 Å². The molecule has 2 heteroatoms. The zero-order valence-corrected chi connectivity index (χ0v) is 12.9. The third-order valence-electron chi connectivity index (χ3n) is 3.74. The summed E-state index contributed by atoms with van der Waals surface area (Å²) in [5.74, 6) is 1.23. The zero-order valence-electron chi connectivity index (χ0n) is 12.1. The van der Waals surface area contributed by atoms with E-state index in [1.165, 1.54) is 16.7 Å². The Hall–Kier alpha value is -0.980. The van der Waals surface area contributed by atoms with Gasteiger partial charge >= 0.3 is 0 Å². The largest absolute Gasteiger partial charge is 0.194 e. The van der Waals surface area contributed by atoms with Crippen molar-refractivity contribution in [3.8, 4) is 0 Å². The third-order valence-corrected chi connectivity index (χ3v) is 3.83. The van der Waals surface area contributed by atoms with E-state index in [1.807, 2.05) is 0 Å². The summed E-state index contributed by atoms with van der Waals surface area (Å²) in [6, 6.07) is 4.57. The first-order chi connectivity index (χ1) is 8.54. The molecule has 0 amide bonds. The molecule has 1 nitrogen and oxygen atoms in total. The number of aryl methyl sites for hydroxylation is 2. The van der Waals surface area contributed by atoms with Gasteiger partial charge in [-0.05, 0) is 53.6 Å². The van der Waals surface area contributed by atoms with Crippen LogP contribution in [0.15, 0.2) is 17.1 Å². The molecular formula is C16H23NS. The first-order valence-corrected chi connectivity index (χ1v) is 7.19. The van der Waals surface area contributed by atoms with Crippen LogP contribution in [-0.4, -0.2) is 5.16 Å². The smallest absolute Gasteiger partial charge is 0.0803 e. The summed E-state index contributed by atoms with van der Waals surface area (Å²) < 4.78 is 0. The molecule has 0 fully saturated rings. The topological polar surface area (TPSA) is 12.4 Å². The Morgan fingerprint density at radius 3 is 1.94 bits per heavy atom. The Balaban J connectivity index is 3.38. The molecule has 1 aromatic carbocycles. The molecule has 1 unspecified atom stereocenters. The van der Waals surface area contributed by atoms with Gasteiger partial charge in [0.05, 0.1) is 10.8 Å². The minimum absolute atomic E-state index is 0.575. The number of aliphatic imine (C=N–C) groups is 1. The van der Waals surface area contributed by atoms with Crippen LogP contribution in [0.4, 0.5) is 5.69 Å². The van der Waals surface area contributed by atoms with Gasteiger partial charge in [-0.1, -0.05) is 46.8 Å². The second-order valence-electron chi connectivity index (χ2n) is 5.13. The minimum atomic E-state index is 0.575. The maximum Gasteiger partial charge on any atom is 0.0803 e. The van der Waals surface area contributed by atoms with Gasteiger partial charge < -0.3 is 0 Å². The molecule has 0 radical (unpaired) electrons. The summed E-state index contributed by atoms with van der Waals surface area (Å²) in [6.07, 6.45) is 1.98. The molecule has 0 aromatic heterocycles. The van der Waals surface area contributed by atoms with E-state index in [4.69, 9.17) is 12.2 Å². The van der Waals surface area contributed by atoms with Crippen molar-refractivity contribution in [2.24, 2.45) is 10.9 Å². The SMILES string of the molecule is CCc1cc(C(C)C(C)C)cc(CC)c1N=C=S. The van der Waals surface area contributed by atoms with Crippen molar-refractivity contribution in [2.75, 3.05) is 0 Å². The van der Waals surface area contributed by atoms with Gasteiger partial charge in [0.2, 0.25) is 0 Å². The predicted octanol–water partition coefficient (Wildman–Crippen LogP) is 5.31. The van der Waals surface area contributed by atoms with Crippen LogP contribution in [0.5, 0.6) is 0 Å². The number of isothiocyanates is 1. The minimum Gasteiger partial charge on any atom is -0.194 e.